The smallest absolute Gasteiger partial charge is 0.208 e. The van der Waals surface area contributed by atoms with Gasteiger partial charge in [0.05, 0.1) is 0 Å². The maximum Gasteiger partial charge on any atom is 0.208 e. The fraction of sp³-hybridized carbons (Fsp3) is 0.929. The number of guanidine groups is 1. The highest BCUT2D eigenvalue weighted by molar-refractivity contribution is 5.79. The number of nitrogens with one attached hydrogen (secondary N) is 1. The van der Waals surface area contributed by atoms with E-state index in [0.29, 0.717) is 0 Å². The van der Waals surface area contributed by atoms with Crippen molar-refractivity contribution in [3.05, 3.63) is 0 Å². The van der Waals surface area contributed by atoms with Crippen LogP contribution in [0.2, 0.25) is 0 Å². The van der Waals surface area contributed by atoms with E-state index < -0.39 is 0 Å². The number of rotatable bonds is 7. The highest BCUT2D eigenvalue weighted by Gasteiger charge is 2.19. The quantitative estimate of drug-likeness (QED) is 0.234. The molecular weight excluding hydrogens is 254 g/mol. The molecule has 1 aliphatic heterocycles. The number of nitrogens with zero attached hydrogens (tertiary/aromatic N) is 3. The summed E-state index contributed by atoms with van der Waals surface area (Å²) in [6.45, 7) is 14.1. The van der Waals surface area contributed by atoms with Crippen LogP contribution in [-0.4, -0.2) is 68.2 Å². The molecule has 0 unspecified atom stereocenters. The van der Waals surface area contributed by atoms with E-state index in [1.807, 2.05) is 6.92 Å². The van der Waals surface area contributed by atoms with E-state index in [-0.39, 0.29) is 0 Å². The van der Waals surface area contributed by atoms with Gasteiger partial charge >= 0.3 is 0 Å². The number of aliphatic imine (C=N–C) groups is 1. The van der Waals surface area contributed by atoms with Crippen molar-refractivity contribution < 1.29 is 4.74 Å². The molecule has 6 nitrogen and oxygen atoms in total. The van der Waals surface area contributed by atoms with Crippen LogP contribution >= 0.6 is 0 Å². The van der Waals surface area contributed by atoms with Gasteiger partial charge in [-0.25, -0.2) is 5.84 Å². The summed E-state index contributed by atoms with van der Waals surface area (Å²) in [5.74, 6) is 7.13. The zero-order chi connectivity index (χ0) is 14.8. The molecule has 0 amide bonds. The fourth-order valence-electron chi connectivity index (χ4n) is 2.39. The van der Waals surface area contributed by atoms with Crippen molar-refractivity contribution in [2.75, 3.05) is 52.5 Å². The van der Waals surface area contributed by atoms with Crippen LogP contribution in [-0.2, 0) is 4.74 Å². The van der Waals surface area contributed by atoms with Crippen LogP contribution in [0.1, 0.15) is 27.2 Å². The maximum absolute atomic E-state index is 5.59. The van der Waals surface area contributed by atoms with Gasteiger partial charge in [0.1, 0.15) is 0 Å². The normalized spacial score (nSPS) is 17.9. The maximum atomic E-state index is 5.59. The van der Waals surface area contributed by atoms with Gasteiger partial charge < -0.3 is 9.64 Å². The summed E-state index contributed by atoms with van der Waals surface area (Å²) in [5.41, 5.74) is 2.73. The minimum absolute atomic E-state index is 0.723. The van der Waals surface area contributed by atoms with Crippen LogP contribution < -0.4 is 11.3 Å². The average Bonchev–Trinajstić information content (AvgIpc) is 2.43. The van der Waals surface area contributed by atoms with E-state index in [2.05, 4.69) is 34.1 Å². The van der Waals surface area contributed by atoms with Gasteiger partial charge in [-0.1, -0.05) is 13.8 Å². The van der Waals surface area contributed by atoms with Crippen LogP contribution in [0.3, 0.4) is 0 Å². The number of nitrogens with two attached hydrogens (primary N) is 1. The predicted molar refractivity (Wildman–Crippen MR) is 83.6 cm³/mol. The Bertz CT molecular complexity index is 275. The Morgan fingerprint density at radius 3 is 2.55 bits per heavy atom. The third kappa shape index (κ3) is 6.54. The van der Waals surface area contributed by atoms with Gasteiger partial charge in [0.25, 0.3) is 0 Å². The van der Waals surface area contributed by atoms with Gasteiger partial charge in [-0.2, -0.15) is 0 Å². The van der Waals surface area contributed by atoms with Gasteiger partial charge in [-0.15, -0.1) is 0 Å². The summed E-state index contributed by atoms with van der Waals surface area (Å²) in [4.78, 5) is 9.27. The second-order valence-electron chi connectivity index (χ2n) is 5.58. The lowest BCUT2D eigenvalue weighted by Gasteiger charge is -2.36. The van der Waals surface area contributed by atoms with Crippen molar-refractivity contribution in [3.63, 3.8) is 0 Å². The van der Waals surface area contributed by atoms with Crippen molar-refractivity contribution in [3.8, 4) is 0 Å². The first kappa shape index (κ1) is 17.2. The Balaban J connectivity index is 2.30. The SMILES string of the molecule is CCOCCCN=C(NN)N1CCN(CC(C)C)CC1. The molecule has 3 N–H and O–H groups in total. The van der Waals surface area contributed by atoms with Crippen molar-refractivity contribution in [1.29, 1.82) is 0 Å². The van der Waals surface area contributed by atoms with Crippen molar-refractivity contribution in [2.45, 2.75) is 27.2 Å². The molecule has 0 aromatic rings. The van der Waals surface area contributed by atoms with Crippen molar-refractivity contribution in [2.24, 2.45) is 16.8 Å². The molecule has 20 heavy (non-hydrogen) atoms. The van der Waals surface area contributed by atoms with E-state index in [1.165, 1.54) is 6.54 Å². The molecule has 0 spiro atoms. The monoisotopic (exact) mass is 285 g/mol. The molecule has 0 aliphatic carbocycles. The molecule has 6 heteroatoms. The third-order valence-corrected chi connectivity index (χ3v) is 3.34. The molecule has 0 aromatic carbocycles. The van der Waals surface area contributed by atoms with Crippen LogP contribution in [0.4, 0.5) is 0 Å². The van der Waals surface area contributed by atoms with Gasteiger partial charge in [-0.3, -0.25) is 15.3 Å². The van der Waals surface area contributed by atoms with E-state index in [4.69, 9.17) is 10.6 Å². The highest BCUT2D eigenvalue weighted by Crippen LogP contribution is 2.05. The van der Waals surface area contributed by atoms with Gasteiger partial charge in [0.15, 0.2) is 0 Å². The van der Waals surface area contributed by atoms with E-state index >= 15 is 0 Å². The first-order valence-corrected chi connectivity index (χ1v) is 7.73. The molecule has 1 saturated heterocycles. The van der Waals surface area contributed by atoms with Gasteiger partial charge in [0.2, 0.25) is 5.96 Å². The average molecular weight is 285 g/mol. The first-order chi connectivity index (χ1) is 9.67. The highest BCUT2D eigenvalue weighted by atomic mass is 16.5. The number of piperazine rings is 1. The fourth-order valence-corrected chi connectivity index (χ4v) is 2.39. The molecule has 0 aromatic heterocycles. The minimum atomic E-state index is 0.723. The van der Waals surface area contributed by atoms with Crippen LogP contribution in [0, 0.1) is 5.92 Å². The molecule has 0 radical (unpaired) electrons. The zero-order valence-corrected chi connectivity index (χ0v) is 13.3. The zero-order valence-electron chi connectivity index (χ0n) is 13.3. The molecular formula is C14H31N5O. The Morgan fingerprint density at radius 2 is 2.00 bits per heavy atom. The summed E-state index contributed by atoms with van der Waals surface area (Å²) in [6, 6.07) is 0. The number of hydrazine groups is 1. The molecule has 0 saturated carbocycles. The Labute approximate surface area is 123 Å². The van der Waals surface area contributed by atoms with Crippen molar-refractivity contribution in [1.82, 2.24) is 15.2 Å². The lowest BCUT2D eigenvalue weighted by molar-refractivity contribution is 0.146. The Hall–Kier alpha value is -0.850. The molecule has 1 aliphatic rings. The lowest BCUT2D eigenvalue weighted by atomic mass is 10.2. The number of hydrogen-bond acceptors (Lipinski definition) is 4. The van der Waals surface area contributed by atoms with Gasteiger partial charge in [-0.05, 0) is 19.3 Å². The largest absolute Gasteiger partial charge is 0.382 e. The first-order valence-electron chi connectivity index (χ1n) is 7.73. The molecule has 0 atom stereocenters. The summed E-state index contributed by atoms with van der Waals surface area (Å²) in [7, 11) is 0. The standard InChI is InChI=1S/C14H31N5O/c1-4-20-11-5-6-16-14(17-15)19-9-7-18(8-10-19)12-13(2)3/h13H,4-12,15H2,1-3H3,(H,16,17). The number of hydrogen-bond donors (Lipinski definition) is 2. The molecule has 1 fully saturated rings. The van der Waals surface area contributed by atoms with E-state index in [1.54, 1.807) is 0 Å². The summed E-state index contributed by atoms with van der Waals surface area (Å²) >= 11 is 0. The molecule has 0 bridgehead atoms. The lowest BCUT2D eigenvalue weighted by Crippen LogP contribution is -2.54. The van der Waals surface area contributed by atoms with Crippen LogP contribution in [0.5, 0.6) is 0 Å². The van der Waals surface area contributed by atoms with E-state index in [0.717, 1.165) is 64.2 Å². The summed E-state index contributed by atoms with van der Waals surface area (Å²) in [5, 5.41) is 0. The van der Waals surface area contributed by atoms with E-state index in [9.17, 15) is 0 Å². The summed E-state index contributed by atoms with van der Waals surface area (Å²) < 4.78 is 5.30. The topological polar surface area (TPSA) is 66.1 Å². The molecule has 1 heterocycles. The van der Waals surface area contributed by atoms with Crippen LogP contribution in [0.15, 0.2) is 4.99 Å². The van der Waals surface area contributed by atoms with Crippen molar-refractivity contribution >= 4 is 5.96 Å². The van der Waals surface area contributed by atoms with Crippen LogP contribution in [0.25, 0.3) is 0 Å². The Kier molecular flexibility index (Phi) is 8.57. The second kappa shape index (κ2) is 9.96. The Morgan fingerprint density at radius 1 is 1.30 bits per heavy atom. The molecule has 118 valence electrons. The molecule has 1 rings (SSSR count). The van der Waals surface area contributed by atoms with Gasteiger partial charge in [0, 0.05) is 52.5 Å². The third-order valence-electron chi connectivity index (χ3n) is 3.34. The predicted octanol–water partition coefficient (Wildman–Crippen LogP) is 0.506. The minimum Gasteiger partial charge on any atom is -0.382 e. The number of ether oxygens (including phenoxy) is 1. The summed E-state index contributed by atoms with van der Waals surface area (Å²) in [6.07, 6.45) is 0.937. The second-order valence-corrected chi connectivity index (χ2v) is 5.58.